The standard InChI is InChI=1S/C7H12BrFO2.C5H12O.C4H6BrFO2/c1-3-5(4-2)11-7(10)6(8)9;1-3-5(6)4-2;1-2-8-4(7)3(5)6/h5-6H,3-4H2,1-2H3;5-6H,3-4H2,1-2H3;3H,2H2,1H3. The van der Waals surface area contributed by atoms with Crippen molar-refractivity contribution in [2.75, 3.05) is 6.61 Å². The first-order valence-electron chi connectivity index (χ1n) is 8.22. The normalized spacial score (nSPS) is 12.3. The van der Waals surface area contributed by atoms with E-state index in [0.29, 0.717) is 0 Å². The fraction of sp³-hybridized carbons (Fsp3) is 0.875. The fourth-order valence-electron chi connectivity index (χ4n) is 1.16. The first kappa shape index (κ1) is 29.5. The molecular formula is C16H30Br2F2O5. The van der Waals surface area contributed by atoms with Crippen molar-refractivity contribution in [1.82, 2.24) is 0 Å². The minimum atomic E-state index is -1.69. The third-order valence-electron chi connectivity index (χ3n) is 2.78. The Morgan fingerprint density at radius 2 is 1.28 bits per heavy atom. The van der Waals surface area contributed by atoms with E-state index in [0.717, 1.165) is 25.7 Å². The highest BCUT2D eigenvalue weighted by Gasteiger charge is 2.17. The van der Waals surface area contributed by atoms with Crippen LogP contribution in [-0.2, 0) is 19.1 Å². The van der Waals surface area contributed by atoms with E-state index >= 15 is 0 Å². The third-order valence-corrected chi connectivity index (χ3v) is 3.53. The van der Waals surface area contributed by atoms with E-state index in [1.165, 1.54) is 0 Å². The smallest absolute Gasteiger partial charge is 0.352 e. The number of hydrogen-bond acceptors (Lipinski definition) is 5. The van der Waals surface area contributed by atoms with E-state index in [2.05, 4.69) is 36.6 Å². The molecule has 25 heavy (non-hydrogen) atoms. The average Bonchev–Trinajstić information content (AvgIpc) is 2.59. The molecule has 9 heteroatoms. The topological polar surface area (TPSA) is 72.8 Å². The van der Waals surface area contributed by atoms with Gasteiger partial charge in [0.15, 0.2) is 0 Å². The lowest BCUT2D eigenvalue weighted by Gasteiger charge is -2.13. The molecule has 0 aliphatic rings. The zero-order chi connectivity index (χ0) is 20.4. The van der Waals surface area contributed by atoms with Gasteiger partial charge in [-0.15, -0.1) is 0 Å². The van der Waals surface area contributed by atoms with E-state index < -0.39 is 22.1 Å². The molecule has 0 heterocycles. The van der Waals surface area contributed by atoms with Crippen LogP contribution >= 0.6 is 31.9 Å². The monoisotopic (exact) mass is 498 g/mol. The quantitative estimate of drug-likeness (QED) is 0.383. The van der Waals surface area contributed by atoms with Gasteiger partial charge in [-0.3, -0.25) is 0 Å². The number of aliphatic hydroxyl groups excluding tert-OH is 1. The second-order valence-electron chi connectivity index (χ2n) is 4.70. The molecule has 0 aliphatic carbocycles. The van der Waals surface area contributed by atoms with Crippen molar-refractivity contribution in [1.29, 1.82) is 0 Å². The molecule has 1 N–H and O–H groups in total. The molecule has 0 spiro atoms. The fourth-order valence-corrected chi connectivity index (χ4v) is 1.41. The number of halogens is 4. The number of ether oxygens (including phenoxy) is 2. The zero-order valence-electron chi connectivity index (χ0n) is 15.4. The lowest BCUT2D eigenvalue weighted by molar-refractivity contribution is -0.151. The van der Waals surface area contributed by atoms with Gasteiger partial charge in [-0.25, -0.2) is 18.4 Å². The predicted molar refractivity (Wildman–Crippen MR) is 101 cm³/mol. The van der Waals surface area contributed by atoms with Crippen LogP contribution in [0.1, 0.15) is 60.3 Å². The maximum absolute atomic E-state index is 12.2. The van der Waals surface area contributed by atoms with Crippen LogP contribution in [0.5, 0.6) is 0 Å². The van der Waals surface area contributed by atoms with Crippen molar-refractivity contribution in [3.05, 3.63) is 0 Å². The van der Waals surface area contributed by atoms with Crippen molar-refractivity contribution >= 4 is 43.8 Å². The number of alkyl halides is 4. The molecule has 0 saturated carbocycles. The van der Waals surface area contributed by atoms with Gasteiger partial charge in [-0.1, -0.05) is 27.7 Å². The highest BCUT2D eigenvalue weighted by Crippen LogP contribution is 2.09. The molecule has 5 nitrogen and oxygen atoms in total. The Kier molecular flexibility index (Phi) is 23.6. The van der Waals surface area contributed by atoms with E-state index in [1.54, 1.807) is 6.92 Å². The average molecular weight is 500 g/mol. The molecule has 0 rings (SSSR count). The van der Waals surface area contributed by atoms with Gasteiger partial charge in [-0.2, -0.15) is 0 Å². The Bertz CT molecular complexity index is 324. The van der Waals surface area contributed by atoms with Gasteiger partial charge < -0.3 is 14.6 Å². The van der Waals surface area contributed by atoms with Gasteiger partial charge in [0.05, 0.1) is 12.7 Å². The van der Waals surface area contributed by atoms with Crippen LogP contribution in [0, 0.1) is 0 Å². The third kappa shape index (κ3) is 21.7. The second kappa shape index (κ2) is 20.0. The van der Waals surface area contributed by atoms with Crippen LogP contribution in [0.15, 0.2) is 0 Å². The summed E-state index contributed by atoms with van der Waals surface area (Å²) in [6.45, 7) is 9.58. The molecule has 0 saturated heterocycles. The summed E-state index contributed by atoms with van der Waals surface area (Å²) in [6, 6.07) is 0. The predicted octanol–water partition coefficient (Wildman–Crippen LogP) is 4.82. The minimum absolute atomic E-state index is 0.0648. The van der Waals surface area contributed by atoms with Crippen LogP contribution in [0.4, 0.5) is 8.78 Å². The summed E-state index contributed by atoms with van der Waals surface area (Å²) >= 11 is 4.88. The SMILES string of the molecule is CCC(CC)OC(=O)C(F)Br.CCC(O)CC.CCOC(=O)C(F)Br. The van der Waals surface area contributed by atoms with Gasteiger partial charge in [-0.05, 0) is 64.5 Å². The lowest BCUT2D eigenvalue weighted by atomic mass is 10.2. The maximum Gasteiger partial charge on any atom is 0.352 e. The Balaban J connectivity index is -0.000000306. The van der Waals surface area contributed by atoms with Crippen LogP contribution in [0.3, 0.4) is 0 Å². The highest BCUT2D eigenvalue weighted by molar-refractivity contribution is 9.10. The van der Waals surface area contributed by atoms with Crippen molar-refractivity contribution < 1.29 is 33.0 Å². The van der Waals surface area contributed by atoms with E-state index in [-0.39, 0.29) is 18.8 Å². The van der Waals surface area contributed by atoms with Crippen molar-refractivity contribution in [2.24, 2.45) is 0 Å². The molecule has 2 atom stereocenters. The molecule has 0 aromatic carbocycles. The molecule has 0 fully saturated rings. The van der Waals surface area contributed by atoms with Gasteiger partial charge in [0.1, 0.15) is 6.10 Å². The number of carbonyl (C=O) groups excluding carboxylic acids is 2. The summed E-state index contributed by atoms with van der Waals surface area (Å²) in [7, 11) is 0. The summed E-state index contributed by atoms with van der Waals surface area (Å²) in [5.74, 6) is -1.70. The number of aliphatic hydroxyl groups is 1. The largest absolute Gasteiger partial charge is 0.463 e. The van der Waals surface area contributed by atoms with E-state index in [9.17, 15) is 18.4 Å². The number of rotatable bonds is 8. The minimum Gasteiger partial charge on any atom is -0.463 e. The Morgan fingerprint density at radius 3 is 1.44 bits per heavy atom. The molecule has 0 aromatic heterocycles. The summed E-state index contributed by atoms with van der Waals surface area (Å²) < 4.78 is 32.9. The van der Waals surface area contributed by atoms with Crippen LogP contribution in [-0.4, -0.2) is 46.0 Å². The molecule has 0 radical (unpaired) electrons. The van der Waals surface area contributed by atoms with Crippen molar-refractivity contribution in [2.45, 2.75) is 82.7 Å². The van der Waals surface area contributed by atoms with E-state index in [4.69, 9.17) is 9.84 Å². The van der Waals surface area contributed by atoms with Crippen LogP contribution in [0.25, 0.3) is 0 Å². The Labute approximate surface area is 166 Å². The molecule has 0 amide bonds. The second-order valence-corrected chi connectivity index (χ2v) is 6.31. The molecule has 0 bridgehead atoms. The summed E-state index contributed by atoms with van der Waals surface area (Å²) in [6.07, 6.45) is 3.00. The first-order valence-corrected chi connectivity index (χ1v) is 10.0. The molecule has 2 unspecified atom stereocenters. The lowest BCUT2D eigenvalue weighted by Crippen LogP contribution is -2.20. The van der Waals surface area contributed by atoms with Crippen molar-refractivity contribution in [3.63, 3.8) is 0 Å². The van der Waals surface area contributed by atoms with Gasteiger partial charge in [0.2, 0.25) is 0 Å². The Hall–Kier alpha value is -0.280. The van der Waals surface area contributed by atoms with Crippen LogP contribution in [0.2, 0.25) is 0 Å². The molecule has 0 aromatic rings. The van der Waals surface area contributed by atoms with Gasteiger partial charge in [0, 0.05) is 0 Å². The number of hydrogen-bond donors (Lipinski definition) is 1. The Morgan fingerprint density at radius 1 is 0.880 bits per heavy atom. The summed E-state index contributed by atoms with van der Waals surface area (Å²) in [5.41, 5.74) is 0. The first-order chi connectivity index (χ1) is 11.6. The van der Waals surface area contributed by atoms with Crippen LogP contribution < -0.4 is 0 Å². The molecular weight excluding hydrogens is 470 g/mol. The van der Waals surface area contributed by atoms with E-state index in [1.807, 2.05) is 27.7 Å². The highest BCUT2D eigenvalue weighted by atomic mass is 79.9. The van der Waals surface area contributed by atoms with Crippen molar-refractivity contribution in [3.8, 4) is 0 Å². The van der Waals surface area contributed by atoms with Gasteiger partial charge >= 0.3 is 11.9 Å². The molecule has 0 aliphatic heterocycles. The zero-order valence-corrected chi connectivity index (χ0v) is 18.6. The molecule has 152 valence electrons. The van der Waals surface area contributed by atoms with Gasteiger partial charge in [0.25, 0.3) is 10.2 Å². The maximum atomic E-state index is 12.2. The number of esters is 2. The number of carbonyl (C=O) groups is 2. The summed E-state index contributed by atoms with van der Waals surface area (Å²) in [5, 5.41) is 5.30. The summed E-state index contributed by atoms with van der Waals surface area (Å²) in [4.78, 5) is 20.7.